The number of carboxylic acid groups (broad SMARTS) is 2. The van der Waals surface area contributed by atoms with Gasteiger partial charge < -0.3 is 42.6 Å². The molecule has 0 saturated carbocycles. The van der Waals surface area contributed by atoms with E-state index in [2.05, 4.69) is 25.9 Å². The quantitative estimate of drug-likeness (QED) is 0.113. The number of imidazole rings is 1. The van der Waals surface area contributed by atoms with Crippen LogP contribution in [0.3, 0.4) is 0 Å². The van der Waals surface area contributed by atoms with Crippen molar-refractivity contribution in [2.75, 3.05) is 0 Å². The molecule has 0 aliphatic heterocycles. The molecule has 1 heterocycles. The lowest BCUT2D eigenvalue weighted by Crippen LogP contribution is -2.58. The first kappa shape index (κ1) is 30.4. The summed E-state index contributed by atoms with van der Waals surface area (Å²) in [6.45, 7) is 0. The van der Waals surface area contributed by atoms with Crippen LogP contribution in [0.2, 0.25) is 0 Å². The average Bonchev–Trinajstić information content (AvgIpc) is 3.38. The number of aromatic amines is 1. The number of primary amides is 1. The number of H-pyrrole nitrogens is 1. The monoisotopic (exact) mass is 545 g/mol. The minimum Gasteiger partial charge on any atom is -0.481 e. The molecule has 4 unspecified atom stereocenters. The Morgan fingerprint density at radius 3 is 2.05 bits per heavy atom. The highest BCUT2D eigenvalue weighted by Crippen LogP contribution is 2.07. The summed E-state index contributed by atoms with van der Waals surface area (Å²) in [5, 5.41) is 25.7. The number of carbonyl (C=O) groups excluding carboxylic acids is 4. The second kappa shape index (κ2) is 14.8. The summed E-state index contributed by atoms with van der Waals surface area (Å²) in [5.41, 5.74) is 11.8. The highest BCUT2D eigenvalue weighted by atomic mass is 16.4. The topological polar surface area (TPSA) is 260 Å². The summed E-state index contributed by atoms with van der Waals surface area (Å²) in [7, 11) is 0. The predicted molar refractivity (Wildman–Crippen MR) is 135 cm³/mol. The third-order valence-electron chi connectivity index (χ3n) is 5.55. The zero-order chi connectivity index (χ0) is 28.9. The van der Waals surface area contributed by atoms with Crippen molar-refractivity contribution in [1.82, 2.24) is 25.9 Å². The summed E-state index contributed by atoms with van der Waals surface area (Å²) in [6, 6.07) is 3.05. The van der Waals surface area contributed by atoms with Gasteiger partial charge >= 0.3 is 11.9 Å². The fourth-order valence-corrected chi connectivity index (χ4v) is 3.54. The summed E-state index contributed by atoms with van der Waals surface area (Å²) in [4.78, 5) is 79.3. The van der Waals surface area contributed by atoms with Crippen LogP contribution in [0, 0.1) is 0 Å². The van der Waals surface area contributed by atoms with Gasteiger partial charge in [0.2, 0.25) is 23.6 Å². The molecule has 39 heavy (non-hydrogen) atoms. The first-order valence-electron chi connectivity index (χ1n) is 11.9. The number of carboxylic acids is 2. The molecule has 2 aromatic rings. The van der Waals surface area contributed by atoms with Crippen LogP contribution in [0.15, 0.2) is 42.9 Å². The molecule has 4 amide bonds. The van der Waals surface area contributed by atoms with Gasteiger partial charge in [-0.2, -0.15) is 0 Å². The maximum atomic E-state index is 13.2. The molecule has 0 aliphatic carbocycles. The van der Waals surface area contributed by atoms with Crippen molar-refractivity contribution in [2.24, 2.45) is 11.5 Å². The Bertz CT molecular complexity index is 1160. The summed E-state index contributed by atoms with van der Waals surface area (Å²) < 4.78 is 0. The maximum absolute atomic E-state index is 13.2. The molecule has 210 valence electrons. The second-order valence-electron chi connectivity index (χ2n) is 8.70. The van der Waals surface area contributed by atoms with Crippen LogP contribution in [-0.4, -0.2) is 79.9 Å². The minimum atomic E-state index is -1.48. The van der Waals surface area contributed by atoms with Gasteiger partial charge in [-0.3, -0.25) is 24.0 Å². The molecule has 2 rings (SSSR count). The summed E-state index contributed by atoms with van der Waals surface area (Å²) >= 11 is 0. The van der Waals surface area contributed by atoms with Crippen LogP contribution in [0.5, 0.6) is 0 Å². The van der Waals surface area contributed by atoms with Crippen molar-refractivity contribution >= 4 is 35.6 Å². The average molecular weight is 546 g/mol. The number of nitrogens with two attached hydrogens (primary N) is 2. The molecule has 0 saturated heterocycles. The Morgan fingerprint density at radius 1 is 0.872 bits per heavy atom. The molecule has 15 nitrogen and oxygen atoms in total. The van der Waals surface area contributed by atoms with Crippen LogP contribution in [0.4, 0.5) is 0 Å². The van der Waals surface area contributed by atoms with Gasteiger partial charge in [-0.05, 0) is 12.0 Å². The number of hydrogen-bond acceptors (Lipinski definition) is 8. The molecule has 4 atom stereocenters. The third-order valence-corrected chi connectivity index (χ3v) is 5.55. The van der Waals surface area contributed by atoms with E-state index in [0.717, 1.165) is 0 Å². The molecule has 1 aromatic heterocycles. The number of hydrogen-bond donors (Lipinski definition) is 8. The van der Waals surface area contributed by atoms with E-state index < -0.39 is 66.2 Å². The molecule has 15 heteroatoms. The van der Waals surface area contributed by atoms with Crippen molar-refractivity contribution in [3.8, 4) is 0 Å². The fourth-order valence-electron chi connectivity index (χ4n) is 3.54. The first-order valence-corrected chi connectivity index (χ1v) is 11.9. The number of benzene rings is 1. The van der Waals surface area contributed by atoms with Gasteiger partial charge in [-0.25, -0.2) is 9.78 Å². The molecule has 1 aromatic carbocycles. The van der Waals surface area contributed by atoms with E-state index in [1.807, 2.05) is 0 Å². The Labute approximate surface area is 222 Å². The molecule has 0 bridgehead atoms. The Kier molecular flexibility index (Phi) is 11.6. The molecule has 0 aliphatic rings. The molecule has 10 N–H and O–H groups in total. The van der Waals surface area contributed by atoms with Gasteiger partial charge in [0.1, 0.15) is 18.1 Å². The smallest absolute Gasteiger partial charge is 0.326 e. The van der Waals surface area contributed by atoms with E-state index >= 15 is 0 Å². The number of amides is 4. The van der Waals surface area contributed by atoms with Crippen molar-refractivity contribution in [3.63, 3.8) is 0 Å². The number of nitrogens with one attached hydrogen (secondary N) is 4. The summed E-state index contributed by atoms with van der Waals surface area (Å²) in [5.74, 6) is -6.08. The summed E-state index contributed by atoms with van der Waals surface area (Å²) in [6.07, 6.45) is 1.35. The van der Waals surface area contributed by atoms with Crippen LogP contribution in [0.25, 0.3) is 0 Å². The molecular weight excluding hydrogens is 514 g/mol. The number of aromatic nitrogens is 2. The Balaban J connectivity index is 2.24. The van der Waals surface area contributed by atoms with E-state index in [9.17, 15) is 33.9 Å². The lowest BCUT2D eigenvalue weighted by molar-refractivity contribution is -0.142. The predicted octanol–water partition coefficient (Wildman–Crippen LogP) is -2.20. The Morgan fingerprint density at radius 2 is 1.49 bits per heavy atom. The maximum Gasteiger partial charge on any atom is 0.326 e. The lowest BCUT2D eigenvalue weighted by Gasteiger charge is -2.25. The van der Waals surface area contributed by atoms with Gasteiger partial charge in [-0.1, -0.05) is 30.3 Å². The van der Waals surface area contributed by atoms with E-state index in [4.69, 9.17) is 16.6 Å². The van der Waals surface area contributed by atoms with Crippen molar-refractivity contribution in [2.45, 2.75) is 56.3 Å². The largest absolute Gasteiger partial charge is 0.481 e. The van der Waals surface area contributed by atoms with Gasteiger partial charge in [0.05, 0.1) is 18.8 Å². The molecular formula is C24H31N7O8. The van der Waals surface area contributed by atoms with Crippen LogP contribution in [0.1, 0.15) is 30.5 Å². The zero-order valence-corrected chi connectivity index (χ0v) is 20.8. The van der Waals surface area contributed by atoms with Crippen LogP contribution in [-0.2, 0) is 41.6 Å². The fraction of sp³-hybridized carbons (Fsp3) is 0.375. The number of nitrogens with zero attached hydrogens (tertiary/aromatic N) is 1. The normalized spacial score (nSPS) is 13.8. The SMILES string of the molecule is NC(=O)CCC(NC(=O)C(N)CC(=O)O)C(=O)NC(Cc1ccccc1)C(=O)NC(Cc1cnc[nH]1)C(=O)O. The lowest BCUT2D eigenvalue weighted by atomic mass is 10.0. The van der Waals surface area contributed by atoms with Crippen molar-refractivity contribution < 1.29 is 39.0 Å². The Hall–Kier alpha value is -4.79. The minimum absolute atomic E-state index is 0.0379. The van der Waals surface area contributed by atoms with Crippen molar-refractivity contribution in [3.05, 3.63) is 54.1 Å². The first-order chi connectivity index (χ1) is 18.5. The molecule has 0 spiro atoms. The highest BCUT2D eigenvalue weighted by Gasteiger charge is 2.31. The highest BCUT2D eigenvalue weighted by molar-refractivity contribution is 5.95. The molecule has 0 fully saturated rings. The second-order valence-corrected chi connectivity index (χ2v) is 8.70. The molecule has 0 radical (unpaired) electrons. The van der Waals surface area contributed by atoms with Crippen LogP contribution < -0.4 is 27.4 Å². The van der Waals surface area contributed by atoms with E-state index in [1.54, 1.807) is 30.3 Å². The van der Waals surface area contributed by atoms with Gasteiger partial charge in [0.15, 0.2) is 0 Å². The van der Waals surface area contributed by atoms with Crippen LogP contribution >= 0.6 is 0 Å². The zero-order valence-electron chi connectivity index (χ0n) is 20.8. The number of aliphatic carboxylic acids is 2. The third kappa shape index (κ3) is 10.6. The van der Waals surface area contributed by atoms with E-state index in [0.29, 0.717) is 11.3 Å². The van der Waals surface area contributed by atoms with E-state index in [-0.39, 0.29) is 25.7 Å². The number of rotatable bonds is 16. The van der Waals surface area contributed by atoms with Gasteiger partial charge in [-0.15, -0.1) is 0 Å². The van der Waals surface area contributed by atoms with Crippen molar-refractivity contribution in [1.29, 1.82) is 0 Å². The van der Waals surface area contributed by atoms with Gasteiger partial charge in [0, 0.05) is 31.2 Å². The number of carbonyl (C=O) groups is 6. The standard InChI is InChI=1S/C24H31N7O8/c25-15(10-20(33)34)21(35)29-16(6-7-19(26)32)22(36)30-17(8-13-4-2-1-3-5-13)23(37)31-18(24(38)39)9-14-11-27-12-28-14/h1-5,11-12,15-18H,6-10,25H2,(H2,26,32)(H,27,28)(H,29,35)(H,30,36)(H,31,37)(H,33,34)(H,38,39). The van der Waals surface area contributed by atoms with E-state index in [1.165, 1.54) is 12.5 Å². The van der Waals surface area contributed by atoms with Gasteiger partial charge in [0.25, 0.3) is 0 Å².